The van der Waals surface area contributed by atoms with Gasteiger partial charge in [-0.2, -0.15) is 4.98 Å². The second kappa shape index (κ2) is 9.43. The summed E-state index contributed by atoms with van der Waals surface area (Å²) in [7, 11) is 0. The lowest BCUT2D eigenvalue weighted by molar-refractivity contribution is 0.0951. The van der Waals surface area contributed by atoms with Crippen LogP contribution in [0.5, 0.6) is 0 Å². The minimum atomic E-state index is -0.196. The van der Waals surface area contributed by atoms with E-state index in [4.69, 9.17) is 16.6 Å². The average molecular weight is 492 g/mol. The molecule has 0 bridgehead atoms. The number of halogens is 1. The first-order valence-electron chi connectivity index (χ1n) is 12.0. The van der Waals surface area contributed by atoms with E-state index in [9.17, 15) is 4.79 Å². The molecular weight excluding hydrogens is 462 g/mol. The van der Waals surface area contributed by atoms with Crippen molar-refractivity contribution in [2.24, 2.45) is 0 Å². The van der Waals surface area contributed by atoms with Crippen LogP contribution in [0.4, 0.5) is 23.3 Å². The number of anilines is 4. The number of carbonyl (C=O) groups excluding carboxylic acids is 1. The third-order valence-electron chi connectivity index (χ3n) is 6.13. The maximum absolute atomic E-state index is 12.9. The third kappa shape index (κ3) is 5.55. The Morgan fingerprint density at radius 2 is 1.97 bits per heavy atom. The zero-order valence-corrected chi connectivity index (χ0v) is 21.0. The maximum atomic E-state index is 12.9. The number of nitrogens with zero attached hydrogens (tertiary/aromatic N) is 3. The molecule has 0 saturated heterocycles. The van der Waals surface area contributed by atoms with Gasteiger partial charge in [-0.15, -0.1) is 0 Å². The molecule has 0 spiro atoms. The molecule has 5 rings (SSSR count). The zero-order valence-electron chi connectivity index (χ0n) is 20.2. The number of fused-ring (bicyclic) bond motifs is 1. The molecule has 1 aliphatic heterocycles. The summed E-state index contributed by atoms with van der Waals surface area (Å²) in [6.45, 7) is 8.02. The molecule has 9 heteroatoms. The molecular formula is C26H30ClN7O. The number of nitrogens with one attached hydrogen (secondary N) is 4. The first-order chi connectivity index (χ1) is 16.8. The summed E-state index contributed by atoms with van der Waals surface area (Å²) >= 11 is 6.53. The van der Waals surface area contributed by atoms with Crippen molar-refractivity contribution in [3.63, 3.8) is 0 Å². The van der Waals surface area contributed by atoms with Crippen LogP contribution < -0.4 is 21.3 Å². The summed E-state index contributed by atoms with van der Waals surface area (Å²) in [5, 5.41) is 13.6. The van der Waals surface area contributed by atoms with Crippen LogP contribution >= 0.6 is 11.6 Å². The number of carbonyl (C=O) groups is 1. The molecule has 3 aromatic rings. The SMILES string of the molecule is CC(C)(C)c1cccc(Nc2nc(Nc3cc(Cl)c4c(c3)CCNC4)ncc2C(=O)NC2CC2)n1. The summed E-state index contributed by atoms with van der Waals surface area (Å²) in [6, 6.07) is 10.00. The molecule has 0 unspecified atom stereocenters. The number of benzene rings is 1. The van der Waals surface area contributed by atoms with Crippen LogP contribution in [0.25, 0.3) is 0 Å². The van der Waals surface area contributed by atoms with E-state index in [0.29, 0.717) is 28.2 Å². The van der Waals surface area contributed by atoms with Crippen molar-refractivity contribution >= 4 is 40.8 Å². The normalized spacial score (nSPS) is 15.3. The summed E-state index contributed by atoms with van der Waals surface area (Å²) < 4.78 is 0. The molecule has 1 fully saturated rings. The Hall–Kier alpha value is -3.23. The van der Waals surface area contributed by atoms with E-state index in [-0.39, 0.29) is 17.4 Å². The molecule has 2 aliphatic rings. The van der Waals surface area contributed by atoms with Crippen molar-refractivity contribution in [1.29, 1.82) is 0 Å². The molecule has 2 aromatic heterocycles. The molecule has 0 radical (unpaired) electrons. The van der Waals surface area contributed by atoms with Crippen LogP contribution in [0.15, 0.2) is 36.5 Å². The largest absolute Gasteiger partial charge is 0.349 e. The standard InChI is InChI=1S/C26H30ClN7O/c1-26(2,3)21-5-4-6-22(32-21)33-23-19(24(35)30-16-7-8-16)14-29-25(34-23)31-17-11-15-9-10-28-13-18(15)20(27)12-17/h4-6,11-12,14,16,28H,7-10,13H2,1-3H3,(H,30,35)(H2,29,31,32,33,34). The fourth-order valence-electron chi connectivity index (χ4n) is 3.99. The minimum absolute atomic E-state index is 0.108. The van der Waals surface area contributed by atoms with Gasteiger partial charge in [0.15, 0.2) is 0 Å². The fraction of sp³-hybridized carbons (Fsp3) is 0.385. The van der Waals surface area contributed by atoms with Gasteiger partial charge in [0, 0.05) is 40.6 Å². The van der Waals surface area contributed by atoms with Gasteiger partial charge in [-0.1, -0.05) is 38.4 Å². The smallest absolute Gasteiger partial charge is 0.256 e. The van der Waals surface area contributed by atoms with Gasteiger partial charge in [0.25, 0.3) is 5.91 Å². The van der Waals surface area contributed by atoms with Crippen LogP contribution in [0.2, 0.25) is 5.02 Å². The van der Waals surface area contributed by atoms with E-state index in [0.717, 1.165) is 49.3 Å². The lowest BCUT2D eigenvalue weighted by atomic mass is 9.92. The number of hydrogen-bond acceptors (Lipinski definition) is 7. The predicted molar refractivity (Wildman–Crippen MR) is 139 cm³/mol. The molecule has 1 aromatic carbocycles. The van der Waals surface area contributed by atoms with E-state index in [1.807, 2.05) is 24.3 Å². The maximum Gasteiger partial charge on any atom is 0.256 e. The van der Waals surface area contributed by atoms with E-state index in [2.05, 4.69) is 58.1 Å². The van der Waals surface area contributed by atoms with Crippen molar-refractivity contribution in [1.82, 2.24) is 25.6 Å². The lowest BCUT2D eigenvalue weighted by Gasteiger charge is -2.20. The molecule has 1 saturated carbocycles. The van der Waals surface area contributed by atoms with Gasteiger partial charge in [0.2, 0.25) is 5.95 Å². The summed E-state index contributed by atoms with van der Waals surface area (Å²) in [6.07, 6.45) is 4.46. The number of amides is 1. The second-order valence-electron chi connectivity index (χ2n) is 10.1. The average Bonchev–Trinajstić information content (AvgIpc) is 3.63. The highest BCUT2D eigenvalue weighted by Gasteiger charge is 2.26. The Bertz CT molecular complexity index is 1270. The van der Waals surface area contributed by atoms with Gasteiger partial charge in [0.1, 0.15) is 17.2 Å². The molecule has 0 atom stereocenters. The van der Waals surface area contributed by atoms with Crippen LogP contribution in [-0.2, 0) is 18.4 Å². The minimum Gasteiger partial charge on any atom is -0.349 e. The molecule has 3 heterocycles. The molecule has 182 valence electrons. The van der Waals surface area contributed by atoms with E-state index < -0.39 is 0 Å². The van der Waals surface area contributed by atoms with E-state index >= 15 is 0 Å². The predicted octanol–water partition coefficient (Wildman–Crippen LogP) is 4.85. The zero-order chi connectivity index (χ0) is 24.6. The highest BCUT2D eigenvalue weighted by molar-refractivity contribution is 6.31. The lowest BCUT2D eigenvalue weighted by Crippen LogP contribution is -2.27. The van der Waals surface area contributed by atoms with Crippen LogP contribution in [0.3, 0.4) is 0 Å². The van der Waals surface area contributed by atoms with Crippen molar-refractivity contribution in [3.8, 4) is 0 Å². The summed E-state index contributed by atoms with van der Waals surface area (Å²) in [4.78, 5) is 26.7. The molecule has 4 N–H and O–H groups in total. The Labute approximate surface area is 210 Å². The molecule has 35 heavy (non-hydrogen) atoms. The third-order valence-corrected chi connectivity index (χ3v) is 6.46. The molecule has 1 amide bonds. The molecule has 1 aliphatic carbocycles. The Kier molecular flexibility index (Phi) is 6.34. The number of aromatic nitrogens is 3. The highest BCUT2D eigenvalue weighted by Crippen LogP contribution is 2.30. The van der Waals surface area contributed by atoms with Crippen LogP contribution in [0.1, 0.15) is 60.8 Å². The van der Waals surface area contributed by atoms with Crippen molar-refractivity contribution in [3.05, 3.63) is 63.9 Å². The van der Waals surface area contributed by atoms with Crippen LogP contribution in [0, 0.1) is 0 Å². The van der Waals surface area contributed by atoms with Gasteiger partial charge in [-0.05, 0) is 61.2 Å². The quantitative estimate of drug-likeness (QED) is 0.391. The number of pyridine rings is 1. The van der Waals surface area contributed by atoms with E-state index in [1.54, 1.807) is 6.20 Å². The highest BCUT2D eigenvalue weighted by atomic mass is 35.5. The van der Waals surface area contributed by atoms with Gasteiger partial charge in [-0.3, -0.25) is 4.79 Å². The first kappa shape index (κ1) is 23.5. The monoisotopic (exact) mass is 491 g/mol. The Balaban J connectivity index is 1.46. The number of rotatable bonds is 6. The second-order valence-corrected chi connectivity index (χ2v) is 10.5. The van der Waals surface area contributed by atoms with Gasteiger partial charge in [0.05, 0.1) is 0 Å². The van der Waals surface area contributed by atoms with Crippen molar-refractivity contribution < 1.29 is 4.79 Å². The van der Waals surface area contributed by atoms with Gasteiger partial charge < -0.3 is 21.3 Å². The van der Waals surface area contributed by atoms with E-state index in [1.165, 1.54) is 5.56 Å². The number of hydrogen-bond donors (Lipinski definition) is 4. The Morgan fingerprint density at radius 3 is 2.74 bits per heavy atom. The summed E-state index contributed by atoms with van der Waals surface area (Å²) in [5.41, 5.74) is 4.36. The molecule has 8 nitrogen and oxygen atoms in total. The van der Waals surface area contributed by atoms with Crippen molar-refractivity contribution in [2.45, 2.75) is 58.0 Å². The first-order valence-corrected chi connectivity index (χ1v) is 12.4. The fourth-order valence-corrected chi connectivity index (χ4v) is 4.30. The van der Waals surface area contributed by atoms with Crippen LogP contribution in [-0.4, -0.2) is 33.4 Å². The van der Waals surface area contributed by atoms with Gasteiger partial charge in [-0.25, -0.2) is 9.97 Å². The summed E-state index contributed by atoms with van der Waals surface area (Å²) in [5.74, 6) is 1.18. The van der Waals surface area contributed by atoms with Gasteiger partial charge >= 0.3 is 0 Å². The van der Waals surface area contributed by atoms with Crippen molar-refractivity contribution in [2.75, 3.05) is 17.2 Å². The Morgan fingerprint density at radius 1 is 1.14 bits per heavy atom. The topological polar surface area (TPSA) is 104 Å².